The first kappa shape index (κ1) is 19.0. The van der Waals surface area contributed by atoms with E-state index in [2.05, 4.69) is 65.6 Å². The van der Waals surface area contributed by atoms with Crippen molar-refractivity contribution in [3.05, 3.63) is 71.8 Å². The second-order valence-electron chi connectivity index (χ2n) is 6.53. The van der Waals surface area contributed by atoms with Gasteiger partial charge in [0.05, 0.1) is 0 Å². The Morgan fingerprint density at radius 2 is 1.25 bits per heavy atom. The smallest absolute Gasteiger partial charge is 0.107 e. The number of piperidine rings is 1. The number of likely N-dealkylation sites (tertiary alicyclic amines) is 1. The van der Waals surface area contributed by atoms with Crippen LogP contribution in [-0.2, 0) is 0 Å². The highest BCUT2D eigenvalue weighted by atomic mass is 35.5. The van der Waals surface area contributed by atoms with Crippen molar-refractivity contribution in [1.29, 1.82) is 0 Å². The Labute approximate surface area is 151 Å². The Balaban J connectivity index is 0.00000208. The van der Waals surface area contributed by atoms with E-state index in [-0.39, 0.29) is 18.6 Å². The van der Waals surface area contributed by atoms with Crippen molar-refractivity contribution in [1.82, 2.24) is 4.90 Å². The maximum Gasteiger partial charge on any atom is 0.107 e. The van der Waals surface area contributed by atoms with E-state index in [1.54, 1.807) is 0 Å². The zero-order valence-electron chi connectivity index (χ0n) is 14.2. The molecular weight excluding hydrogens is 318 g/mol. The summed E-state index contributed by atoms with van der Waals surface area (Å²) in [4.78, 5) is 2.25. The summed E-state index contributed by atoms with van der Waals surface area (Å²) in [5.74, 6) is 0.358. The normalized spacial score (nSPS) is 16.6. The van der Waals surface area contributed by atoms with Crippen LogP contribution in [0.25, 0.3) is 0 Å². The van der Waals surface area contributed by atoms with Crippen molar-refractivity contribution in [3.63, 3.8) is 0 Å². The van der Waals surface area contributed by atoms with E-state index in [1.165, 1.54) is 30.4 Å². The summed E-state index contributed by atoms with van der Waals surface area (Å²) in [6, 6.07) is 21.3. The van der Waals surface area contributed by atoms with Gasteiger partial charge in [-0.1, -0.05) is 67.1 Å². The summed E-state index contributed by atoms with van der Waals surface area (Å²) in [5.41, 5.74) is 2.68. The Bertz CT molecular complexity index is 529. The number of hydrogen-bond acceptors (Lipinski definition) is 2. The number of aliphatic hydroxyl groups is 1. The minimum absolute atomic E-state index is 0. The molecule has 1 aliphatic rings. The zero-order chi connectivity index (χ0) is 15.9. The highest BCUT2D eigenvalue weighted by molar-refractivity contribution is 5.85. The van der Waals surface area contributed by atoms with Gasteiger partial charge in [0.2, 0.25) is 0 Å². The van der Waals surface area contributed by atoms with E-state index in [0.29, 0.717) is 5.92 Å². The number of nitrogens with zero attached hydrogens (tertiary/aromatic N) is 1. The third-order valence-electron chi connectivity index (χ3n) is 4.93. The van der Waals surface area contributed by atoms with Gasteiger partial charge in [0.1, 0.15) is 6.23 Å². The van der Waals surface area contributed by atoms with Crippen LogP contribution < -0.4 is 0 Å². The molecule has 1 saturated heterocycles. The van der Waals surface area contributed by atoms with Crippen LogP contribution in [0.15, 0.2) is 60.7 Å². The van der Waals surface area contributed by atoms with Crippen LogP contribution in [0.2, 0.25) is 0 Å². The molecule has 0 spiro atoms. The summed E-state index contributed by atoms with van der Waals surface area (Å²) in [5, 5.41) is 10.5. The summed E-state index contributed by atoms with van der Waals surface area (Å²) >= 11 is 0. The van der Waals surface area contributed by atoms with E-state index in [4.69, 9.17) is 0 Å². The topological polar surface area (TPSA) is 23.5 Å². The van der Waals surface area contributed by atoms with Gasteiger partial charge in [0.25, 0.3) is 0 Å². The second-order valence-corrected chi connectivity index (χ2v) is 6.53. The predicted molar refractivity (Wildman–Crippen MR) is 103 cm³/mol. The molecule has 130 valence electrons. The van der Waals surface area contributed by atoms with Crippen LogP contribution in [0.1, 0.15) is 49.1 Å². The van der Waals surface area contributed by atoms with E-state index in [0.717, 1.165) is 25.9 Å². The maximum atomic E-state index is 10.5. The molecule has 0 aliphatic carbocycles. The van der Waals surface area contributed by atoms with Gasteiger partial charge in [-0.15, -0.1) is 12.4 Å². The van der Waals surface area contributed by atoms with E-state index in [1.807, 2.05) is 0 Å². The molecule has 2 nitrogen and oxygen atoms in total. The van der Waals surface area contributed by atoms with E-state index < -0.39 is 0 Å². The Morgan fingerprint density at radius 3 is 1.75 bits per heavy atom. The fourth-order valence-electron chi connectivity index (χ4n) is 3.61. The standard InChI is InChI=1S/C21H27NO.ClH/c23-21(22-16-8-3-9-17-22)15-14-20(18-10-4-1-5-11-18)19-12-6-2-7-13-19;/h1-2,4-7,10-13,20-21,23H,3,8-9,14-17H2;1H. The van der Waals surface area contributed by atoms with Crippen molar-refractivity contribution >= 4 is 12.4 Å². The number of halogens is 1. The van der Waals surface area contributed by atoms with Crippen molar-refractivity contribution in [3.8, 4) is 0 Å². The highest BCUT2D eigenvalue weighted by Crippen LogP contribution is 2.30. The molecular formula is C21H28ClNO. The number of hydrogen-bond donors (Lipinski definition) is 1. The predicted octanol–water partition coefficient (Wildman–Crippen LogP) is 4.82. The SMILES string of the molecule is Cl.OC(CCC(c1ccccc1)c1ccccc1)N1CCCCC1. The largest absolute Gasteiger partial charge is 0.378 e. The van der Waals surface area contributed by atoms with Gasteiger partial charge in [-0.05, 0) is 36.8 Å². The summed E-state index contributed by atoms with van der Waals surface area (Å²) in [6.07, 6.45) is 5.25. The molecule has 1 heterocycles. The van der Waals surface area contributed by atoms with E-state index >= 15 is 0 Å². The molecule has 0 aromatic heterocycles. The molecule has 3 heteroatoms. The molecule has 1 aliphatic heterocycles. The Morgan fingerprint density at radius 1 is 0.750 bits per heavy atom. The van der Waals surface area contributed by atoms with Gasteiger partial charge in [-0.2, -0.15) is 0 Å². The molecule has 1 atom stereocenters. The van der Waals surface area contributed by atoms with Gasteiger partial charge in [0.15, 0.2) is 0 Å². The van der Waals surface area contributed by atoms with E-state index in [9.17, 15) is 5.11 Å². The van der Waals surface area contributed by atoms with Crippen molar-refractivity contribution < 1.29 is 5.11 Å². The summed E-state index contributed by atoms with van der Waals surface area (Å²) < 4.78 is 0. The molecule has 3 rings (SSSR count). The number of aliphatic hydroxyl groups excluding tert-OH is 1. The van der Waals surface area contributed by atoms with Crippen LogP contribution in [-0.4, -0.2) is 29.3 Å². The average molecular weight is 346 g/mol. The van der Waals surface area contributed by atoms with Crippen LogP contribution >= 0.6 is 12.4 Å². The van der Waals surface area contributed by atoms with Gasteiger partial charge in [-0.25, -0.2) is 0 Å². The molecule has 0 amide bonds. The van der Waals surface area contributed by atoms with Crippen LogP contribution in [0.5, 0.6) is 0 Å². The second kappa shape index (κ2) is 9.83. The quantitative estimate of drug-likeness (QED) is 0.811. The minimum Gasteiger partial charge on any atom is -0.378 e. The maximum absolute atomic E-state index is 10.5. The Hall–Kier alpha value is -1.35. The lowest BCUT2D eigenvalue weighted by Gasteiger charge is -2.32. The average Bonchev–Trinajstić information content (AvgIpc) is 2.64. The van der Waals surface area contributed by atoms with Gasteiger partial charge < -0.3 is 5.11 Å². The lowest BCUT2D eigenvalue weighted by Crippen LogP contribution is -2.39. The molecule has 0 bridgehead atoms. The lowest BCUT2D eigenvalue weighted by atomic mass is 9.87. The number of benzene rings is 2. The summed E-state index contributed by atoms with van der Waals surface area (Å²) in [7, 11) is 0. The molecule has 2 aromatic rings. The van der Waals surface area contributed by atoms with Crippen LogP contribution in [0.4, 0.5) is 0 Å². The third-order valence-corrected chi connectivity index (χ3v) is 4.93. The first-order chi connectivity index (χ1) is 11.3. The van der Waals surface area contributed by atoms with Crippen molar-refractivity contribution in [2.45, 2.75) is 44.2 Å². The molecule has 1 unspecified atom stereocenters. The molecule has 0 saturated carbocycles. The molecule has 24 heavy (non-hydrogen) atoms. The minimum atomic E-state index is -0.301. The zero-order valence-corrected chi connectivity index (χ0v) is 15.0. The fraction of sp³-hybridized carbons (Fsp3) is 0.429. The third kappa shape index (κ3) is 5.07. The van der Waals surface area contributed by atoms with Gasteiger partial charge >= 0.3 is 0 Å². The number of rotatable bonds is 6. The summed E-state index contributed by atoms with van der Waals surface area (Å²) in [6.45, 7) is 2.09. The van der Waals surface area contributed by atoms with Gasteiger partial charge in [0, 0.05) is 19.0 Å². The first-order valence-corrected chi connectivity index (χ1v) is 8.86. The first-order valence-electron chi connectivity index (χ1n) is 8.86. The van der Waals surface area contributed by atoms with Crippen molar-refractivity contribution in [2.24, 2.45) is 0 Å². The Kier molecular flexibility index (Phi) is 7.77. The van der Waals surface area contributed by atoms with Gasteiger partial charge in [-0.3, -0.25) is 4.90 Å². The van der Waals surface area contributed by atoms with Crippen molar-refractivity contribution in [2.75, 3.05) is 13.1 Å². The molecule has 2 aromatic carbocycles. The molecule has 1 N–H and O–H groups in total. The van der Waals surface area contributed by atoms with Crippen LogP contribution in [0.3, 0.4) is 0 Å². The lowest BCUT2D eigenvalue weighted by molar-refractivity contribution is -0.0151. The fourth-order valence-corrected chi connectivity index (χ4v) is 3.61. The monoisotopic (exact) mass is 345 g/mol. The van der Waals surface area contributed by atoms with Crippen LogP contribution in [0, 0.1) is 0 Å². The molecule has 1 fully saturated rings. The highest BCUT2D eigenvalue weighted by Gasteiger charge is 2.21. The molecule has 0 radical (unpaired) electrons.